The largest absolute Gasteiger partial charge is 0.497 e. The monoisotopic (exact) mass is 750 g/mol. The van der Waals surface area contributed by atoms with Gasteiger partial charge in [0.15, 0.2) is 0 Å². The molecule has 16 heteroatoms. The third-order valence-corrected chi connectivity index (χ3v) is 12.2. The minimum Gasteiger partial charge on any atom is -0.497 e. The molecule has 3 saturated carbocycles. The Labute approximate surface area is 312 Å². The number of alkyl halides is 3. The highest BCUT2D eigenvalue weighted by Crippen LogP contribution is 2.65. The number of benzene rings is 2. The van der Waals surface area contributed by atoms with E-state index in [-0.39, 0.29) is 36.0 Å². The van der Waals surface area contributed by atoms with Crippen LogP contribution < -0.4 is 31.6 Å². The first kappa shape index (κ1) is 37.7. The lowest BCUT2D eigenvalue weighted by molar-refractivity contribution is -0.199. The first-order chi connectivity index (χ1) is 25.5. The minimum atomic E-state index is -4.53. The molecule has 2 aliphatic heterocycles. The van der Waals surface area contributed by atoms with Gasteiger partial charge in [-0.05, 0) is 80.2 Å². The van der Waals surface area contributed by atoms with Crippen LogP contribution >= 0.6 is 0 Å². The molecule has 2 aromatic carbocycles. The van der Waals surface area contributed by atoms with Crippen molar-refractivity contribution in [2.45, 2.75) is 102 Å². The molecule has 3 amide bonds. The van der Waals surface area contributed by atoms with Crippen molar-refractivity contribution in [3.63, 3.8) is 0 Å². The molecule has 4 fully saturated rings. The summed E-state index contributed by atoms with van der Waals surface area (Å²) in [5.74, 6) is 0.531. The number of hydrogen-bond acceptors (Lipinski definition) is 8. The second kappa shape index (κ2) is 13.6. The number of ether oxygens (including phenoxy) is 1. The standard InChI is InChI=1S/C38H46BF3N6O6/c1-7-30(39-53-29-16-23-15-28(35(23,2)3)37(29,5)54-39)46-31(49)27-18-36(4,47-34(51)45-24-12-9-13-25(17-24)52-6)33-44-20-26(32(50)48(27)33)43-19-21-10-8-11-22(14-21)38(40,41)42/h8-14,17,20,23,27-30,43H,7,15-16,18-19H2,1-6H3,(H,46,49)(H2,45,47,51)/t23-,27-,28-,29+,30-,36+,37-/m0/s1. The van der Waals surface area contributed by atoms with Crippen molar-refractivity contribution in [1.29, 1.82) is 0 Å². The second-order valence-electron chi connectivity index (χ2n) is 15.9. The number of halogens is 3. The Balaban J connectivity index is 1.15. The average Bonchev–Trinajstić information content (AvgIpc) is 3.64. The first-order valence-electron chi connectivity index (χ1n) is 18.4. The second-order valence-corrected chi connectivity index (χ2v) is 15.9. The fraction of sp³-hybridized carbons (Fsp3) is 0.526. The summed E-state index contributed by atoms with van der Waals surface area (Å²) in [6, 6.07) is 9.85. The summed E-state index contributed by atoms with van der Waals surface area (Å²) in [5, 5.41) is 11.7. The van der Waals surface area contributed by atoms with Crippen LogP contribution in [-0.2, 0) is 32.4 Å². The number of hydrogen-bond donors (Lipinski definition) is 4. The van der Waals surface area contributed by atoms with E-state index in [2.05, 4.69) is 47.0 Å². The molecular weight excluding hydrogens is 704 g/mol. The van der Waals surface area contributed by atoms with E-state index in [1.165, 1.54) is 30.0 Å². The summed E-state index contributed by atoms with van der Waals surface area (Å²) in [4.78, 5) is 46.5. The summed E-state index contributed by atoms with van der Waals surface area (Å²) < 4.78 is 59.8. The van der Waals surface area contributed by atoms with Crippen molar-refractivity contribution in [1.82, 2.24) is 20.2 Å². The number of amides is 3. The number of fused-ring (bicyclic) bond motifs is 1. The number of aromatic nitrogens is 2. The Morgan fingerprint density at radius 1 is 1.11 bits per heavy atom. The minimum absolute atomic E-state index is 0.0212. The van der Waals surface area contributed by atoms with Crippen molar-refractivity contribution in [2.24, 2.45) is 17.3 Å². The van der Waals surface area contributed by atoms with Crippen LogP contribution in [0.25, 0.3) is 0 Å². The zero-order valence-electron chi connectivity index (χ0n) is 31.2. The lowest BCUT2D eigenvalue weighted by Gasteiger charge is -2.64. The molecule has 0 spiro atoms. The van der Waals surface area contributed by atoms with Gasteiger partial charge >= 0.3 is 19.3 Å². The summed E-state index contributed by atoms with van der Waals surface area (Å²) in [5.41, 5.74) is -2.34. The molecule has 0 unspecified atom stereocenters. The molecule has 54 heavy (non-hydrogen) atoms. The van der Waals surface area contributed by atoms with Crippen LogP contribution in [0, 0.1) is 17.3 Å². The lowest BCUT2D eigenvalue weighted by Crippen LogP contribution is -2.65. The van der Waals surface area contributed by atoms with Gasteiger partial charge in [-0.3, -0.25) is 14.2 Å². The van der Waals surface area contributed by atoms with Crippen LogP contribution in [0.15, 0.2) is 59.5 Å². The van der Waals surface area contributed by atoms with Gasteiger partial charge in [-0.25, -0.2) is 9.78 Å². The normalized spacial score (nSPS) is 28.3. The van der Waals surface area contributed by atoms with Crippen LogP contribution in [0.4, 0.5) is 29.3 Å². The molecule has 4 N–H and O–H groups in total. The number of rotatable bonds is 10. The number of methoxy groups -OCH3 is 1. The molecule has 8 rings (SSSR count). The van der Waals surface area contributed by atoms with Crippen LogP contribution in [0.2, 0.25) is 0 Å². The Morgan fingerprint density at radius 3 is 2.57 bits per heavy atom. The van der Waals surface area contributed by atoms with Gasteiger partial charge in [-0.2, -0.15) is 13.2 Å². The predicted octanol–water partition coefficient (Wildman–Crippen LogP) is 6.03. The van der Waals surface area contributed by atoms with Crippen molar-refractivity contribution in [2.75, 3.05) is 17.7 Å². The van der Waals surface area contributed by atoms with E-state index in [0.29, 0.717) is 35.3 Å². The van der Waals surface area contributed by atoms with Crippen LogP contribution in [-0.4, -0.2) is 53.4 Å². The molecule has 5 aliphatic rings. The number of anilines is 2. The number of nitrogens with zero attached hydrogens (tertiary/aromatic N) is 2. The van der Waals surface area contributed by atoms with Crippen molar-refractivity contribution in [3.05, 3.63) is 82.0 Å². The Morgan fingerprint density at radius 2 is 1.87 bits per heavy atom. The van der Waals surface area contributed by atoms with Gasteiger partial charge in [-0.1, -0.05) is 39.0 Å². The number of carbonyl (C=O) groups excluding carboxylic acids is 2. The van der Waals surface area contributed by atoms with E-state index in [0.717, 1.165) is 25.0 Å². The maximum atomic E-state index is 14.3. The number of urea groups is 1. The van der Waals surface area contributed by atoms with Gasteiger partial charge < -0.3 is 35.3 Å². The molecular formula is C38H46BF3N6O6. The van der Waals surface area contributed by atoms with Crippen molar-refractivity contribution in [3.8, 4) is 5.75 Å². The molecule has 3 aliphatic carbocycles. The van der Waals surface area contributed by atoms with Crippen LogP contribution in [0.5, 0.6) is 5.75 Å². The molecule has 2 bridgehead atoms. The molecule has 3 aromatic rings. The maximum absolute atomic E-state index is 14.3. The van der Waals surface area contributed by atoms with Gasteiger partial charge in [0.1, 0.15) is 23.3 Å². The van der Waals surface area contributed by atoms with Gasteiger partial charge in [0.25, 0.3) is 5.56 Å². The highest BCUT2D eigenvalue weighted by Gasteiger charge is 2.68. The van der Waals surface area contributed by atoms with E-state index in [9.17, 15) is 27.6 Å². The van der Waals surface area contributed by atoms with E-state index in [1.807, 2.05) is 6.92 Å². The van der Waals surface area contributed by atoms with E-state index in [1.54, 1.807) is 31.2 Å². The third-order valence-electron chi connectivity index (χ3n) is 12.2. The highest BCUT2D eigenvalue weighted by molar-refractivity contribution is 6.47. The fourth-order valence-corrected chi connectivity index (χ4v) is 9.06. The van der Waals surface area contributed by atoms with Gasteiger partial charge in [0.2, 0.25) is 5.91 Å². The van der Waals surface area contributed by atoms with Gasteiger partial charge in [0, 0.05) is 24.7 Å². The fourth-order valence-electron chi connectivity index (χ4n) is 9.06. The zero-order valence-corrected chi connectivity index (χ0v) is 31.2. The Kier molecular flexibility index (Phi) is 9.52. The topological polar surface area (TPSA) is 145 Å². The smallest absolute Gasteiger partial charge is 0.481 e. The first-order valence-corrected chi connectivity index (χ1v) is 18.4. The van der Waals surface area contributed by atoms with E-state index >= 15 is 0 Å². The van der Waals surface area contributed by atoms with Crippen molar-refractivity contribution >= 4 is 30.4 Å². The highest BCUT2D eigenvalue weighted by atomic mass is 19.4. The summed E-state index contributed by atoms with van der Waals surface area (Å²) in [6.07, 6.45) is -0.924. The third kappa shape index (κ3) is 6.61. The molecule has 288 valence electrons. The van der Waals surface area contributed by atoms with Crippen LogP contribution in [0.1, 0.15) is 83.3 Å². The van der Waals surface area contributed by atoms with Crippen molar-refractivity contribution < 1.29 is 36.8 Å². The summed E-state index contributed by atoms with van der Waals surface area (Å²) in [7, 11) is 0.816. The molecule has 7 atom stereocenters. The van der Waals surface area contributed by atoms with Crippen LogP contribution in [0.3, 0.4) is 0 Å². The average molecular weight is 751 g/mol. The molecule has 1 saturated heterocycles. The lowest BCUT2D eigenvalue weighted by atomic mass is 9.43. The van der Waals surface area contributed by atoms with E-state index < -0.39 is 59.5 Å². The zero-order chi connectivity index (χ0) is 38.8. The molecule has 0 radical (unpaired) electrons. The molecule has 12 nitrogen and oxygen atoms in total. The number of nitrogens with one attached hydrogen (secondary N) is 4. The SMILES string of the molecule is CC[C@H](NC(=O)[C@@H]1C[C@@](C)(NC(=O)Nc2cccc(OC)c2)c2ncc(NCc3cccc(C(F)(F)F)c3)c(=O)n21)B1O[C@@H]2C[C@@H]3C[C@@H](C3(C)C)[C@]2(C)O1. The van der Waals surface area contributed by atoms with E-state index in [4.69, 9.17) is 14.0 Å². The Hall–Kier alpha value is -4.57. The van der Waals surface area contributed by atoms with Gasteiger partial charge in [-0.15, -0.1) is 0 Å². The summed E-state index contributed by atoms with van der Waals surface area (Å²) in [6.45, 7) is 10.1. The maximum Gasteiger partial charge on any atom is 0.481 e. The van der Waals surface area contributed by atoms with Gasteiger partial charge in [0.05, 0.1) is 42.1 Å². The molecule has 3 heterocycles. The number of carbonyl (C=O) groups is 2. The Bertz CT molecular complexity index is 2010. The molecule has 1 aromatic heterocycles. The predicted molar refractivity (Wildman–Crippen MR) is 196 cm³/mol. The quantitative estimate of drug-likeness (QED) is 0.184. The summed E-state index contributed by atoms with van der Waals surface area (Å²) >= 11 is 0.